The SMILES string of the molecule is CCOc1cc(/C=N\N=C2\S/C(=C\c3ccccc3O)C(=O)N2Cc2ccco2)ccc1O. The lowest BCUT2D eigenvalue weighted by Gasteiger charge is -2.12. The molecule has 1 aliphatic heterocycles. The van der Waals surface area contributed by atoms with Gasteiger partial charge in [-0.1, -0.05) is 18.2 Å². The number of amides is 1. The third-order valence-electron chi connectivity index (χ3n) is 4.64. The molecule has 0 radical (unpaired) electrons. The highest BCUT2D eigenvalue weighted by Gasteiger charge is 2.34. The summed E-state index contributed by atoms with van der Waals surface area (Å²) in [7, 11) is 0. The van der Waals surface area contributed by atoms with Gasteiger partial charge in [0.05, 0.1) is 30.5 Å². The van der Waals surface area contributed by atoms with Gasteiger partial charge in [-0.15, -0.1) is 5.10 Å². The normalized spacial score (nSPS) is 16.4. The summed E-state index contributed by atoms with van der Waals surface area (Å²) in [5.74, 6) is 0.811. The van der Waals surface area contributed by atoms with E-state index in [1.54, 1.807) is 54.6 Å². The van der Waals surface area contributed by atoms with Gasteiger partial charge in [0.25, 0.3) is 5.91 Å². The van der Waals surface area contributed by atoms with Crippen LogP contribution in [0.25, 0.3) is 6.08 Å². The minimum atomic E-state index is -0.267. The molecule has 0 bridgehead atoms. The lowest BCUT2D eigenvalue weighted by atomic mass is 10.2. The van der Waals surface area contributed by atoms with E-state index >= 15 is 0 Å². The van der Waals surface area contributed by atoms with Gasteiger partial charge < -0.3 is 19.4 Å². The van der Waals surface area contributed by atoms with Gasteiger partial charge in [0.1, 0.15) is 11.5 Å². The molecular formula is C24H21N3O5S. The Labute approximate surface area is 194 Å². The first-order valence-corrected chi connectivity index (χ1v) is 11.0. The molecule has 1 aromatic heterocycles. The summed E-state index contributed by atoms with van der Waals surface area (Å²) in [6, 6.07) is 15.1. The van der Waals surface area contributed by atoms with E-state index in [1.807, 2.05) is 6.92 Å². The van der Waals surface area contributed by atoms with Crippen LogP contribution in [0, 0.1) is 0 Å². The topological polar surface area (TPSA) is 108 Å². The predicted molar refractivity (Wildman–Crippen MR) is 127 cm³/mol. The lowest BCUT2D eigenvalue weighted by molar-refractivity contribution is -0.122. The molecule has 2 N–H and O–H groups in total. The molecule has 33 heavy (non-hydrogen) atoms. The first-order chi connectivity index (χ1) is 16.0. The summed E-state index contributed by atoms with van der Waals surface area (Å²) in [5, 5.41) is 28.7. The van der Waals surface area contributed by atoms with E-state index in [0.717, 1.165) is 11.8 Å². The number of nitrogens with zero attached hydrogens (tertiary/aromatic N) is 3. The van der Waals surface area contributed by atoms with Gasteiger partial charge in [-0.25, -0.2) is 0 Å². The Hall–Kier alpha value is -3.98. The monoisotopic (exact) mass is 463 g/mol. The molecule has 2 aromatic carbocycles. The lowest BCUT2D eigenvalue weighted by Crippen LogP contribution is -2.28. The Morgan fingerprint density at radius 3 is 2.73 bits per heavy atom. The Balaban J connectivity index is 1.62. The van der Waals surface area contributed by atoms with Crippen molar-refractivity contribution in [3.8, 4) is 17.2 Å². The first kappa shape index (κ1) is 22.2. The van der Waals surface area contributed by atoms with Crippen LogP contribution in [0.3, 0.4) is 0 Å². The van der Waals surface area contributed by atoms with Crippen molar-refractivity contribution in [3.05, 3.63) is 82.7 Å². The number of carbonyl (C=O) groups excluding carboxylic acids is 1. The highest BCUT2D eigenvalue weighted by molar-refractivity contribution is 8.18. The number of aromatic hydroxyl groups is 2. The molecule has 0 saturated carbocycles. The molecule has 0 aliphatic carbocycles. The molecule has 168 valence electrons. The van der Waals surface area contributed by atoms with Crippen LogP contribution in [-0.2, 0) is 11.3 Å². The second kappa shape index (κ2) is 10.1. The maximum Gasteiger partial charge on any atom is 0.267 e. The smallest absolute Gasteiger partial charge is 0.267 e. The molecule has 0 spiro atoms. The van der Waals surface area contributed by atoms with Crippen LogP contribution in [0.5, 0.6) is 17.2 Å². The summed E-state index contributed by atoms with van der Waals surface area (Å²) < 4.78 is 10.8. The largest absolute Gasteiger partial charge is 0.507 e. The van der Waals surface area contributed by atoms with E-state index in [2.05, 4.69) is 10.2 Å². The molecule has 0 atom stereocenters. The molecular weight excluding hydrogens is 442 g/mol. The minimum absolute atomic E-state index is 0.0424. The standard InChI is InChI=1S/C24H21N3O5S/c1-2-31-21-12-16(9-10-20(21)29)14-25-26-24-27(15-18-7-5-11-32-18)23(30)22(33-24)13-17-6-3-4-8-19(17)28/h3-14,28-29H,2,15H2,1H3/b22-13-,25-14-,26-24+. The fourth-order valence-electron chi connectivity index (χ4n) is 3.06. The van der Waals surface area contributed by atoms with Crippen molar-refractivity contribution < 1.29 is 24.2 Å². The number of carbonyl (C=O) groups is 1. The van der Waals surface area contributed by atoms with E-state index in [0.29, 0.717) is 39.3 Å². The Kier molecular flexibility index (Phi) is 6.80. The predicted octanol–water partition coefficient (Wildman–Crippen LogP) is 4.60. The first-order valence-electron chi connectivity index (χ1n) is 10.1. The highest BCUT2D eigenvalue weighted by Crippen LogP contribution is 2.35. The maximum atomic E-state index is 13.1. The van der Waals surface area contributed by atoms with E-state index in [1.165, 1.54) is 23.4 Å². The summed E-state index contributed by atoms with van der Waals surface area (Å²) in [5.41, 5.74) is 1.21. The van der Waals surface area contributed by atoms with Crippen molar-refractivity contribution in [2.24, 2.45) is 10.2 Å². The van der Waals surface area contributed by atoms with Crippen molar-refractivity contribution in [3.63, 3.8) is 0 Å². The summed E-state index contributed by atoms with van der Waals surface area (Å²) in [4.78, 5) is 15.0. The van der Waals surface area contributed by atoms with Gasteiger partial charge >= 0.3 is 0 Å². The number of furan rings is 1. The third-order valence-corrected chi connectivity index (χ3v) is 5.64. The molecule has 8 nitrogen and oxygen atoms in total. The van der Waals surface area contributed by atoms with E-state index in [4.69, 9.17) is 9.15 Å². The average Bonchev–Trinajstić information content (AvgIpc) is 3.42. The number of para-hydroxylation sites is 1. The molecule has 4 rings (SSSR count). The van der Waals surface area contributed by atoms with Crippen LogP contribution in [0.4, 0.5) is 0 Å². The van der Waals surface area contributed by atoms with Crippen LogP contribution in [0.2, 0.25) is 0 Å². The van der Waals surface area contributed by atoms with Crippen molar-refractivity contribution in [1.82, 2.24) is 4.90 Å². The molecule has 1 amide bonds. The van der Waals surface area contributed by atoms with E-state index < -0.39 is 0 Å². The highest BCUT2D eigenvalue weighted by atomic mass is 32.2. The maximum absolute atomic E-state index is 13.1. The molecule has 9 heteroatoms. The number of hydrogen-bond donors (Lipinski definition) is 2. The zero-order chi connectivity index (χ0) is 23.2. The van der Waals surface area contributed by atoms with Gasteiger partial charge in [-0.3, -0.25) is 9.69 Å². The van der Waals surface area contributed by atoms with Crippen LogP contribution in [0.15, 0.2) is 80.4 Å². The van der Waals surface area contributed by atoms with Crippen LogP contribution in [-0.4, -0.2) is 39.0 Å². The molecule has 2 heterocycles. The van der Waals surface area contributed by atoms with E-state index in [-0.39, 0.29) is 24.0 Å². The Morgan fingerprint density at radius 1 is 1.12 bits per heavy atom. The number of ether oxygens (including phenoxy) is 1. The molecule has 0 unspecified atom stereocenters. The van der Waals surface area contributed by atoms with Crippen LogP contribution >= 0.6 is 11.8 Å². The third kappa shape index (κ3) is 5.27. The van der Waals surface area contributed by atoms with Crippen molar-refractivity contribution in [2.45, 2.75) is 13.5 Å². The number of phenols is 2. The number of thioether (sulfide) groups is 1. The van der Waals surface area contributed by atoms with Crippen LogP contribution in [0.1, 0.15) is 23.8 Å². The molecule has 1 saturated heterocycles. The van der Waals surface area contributed by atoms with Crippen LogP contribution < -0.4 is 4.74 Å². The summed E-state index contributed by atoms with van der Waals surface area (Å²) >= 11 is 1.16. The second-order valence-electron chi connectivity index (χ2n) is 6.93. The Morgan fingerprint density at radius 2 is 1.97 bits per heavy atom. The molecule has 3 aromatic rings. The quantitative estimate of drug-likeness (QED) is 0.301. The number of benzene rings is 2. The van der Waals surface area contributed by atoms with Crippen molar-refractivity contribution in [2.75, 3.05) is 6.61 Å². The zero-order valence-electron chi connectivity index (χ0n) is 17.7. The molecule has 1 fully saturated rings. The zero-order valence-corrected chi connectivity index (χ0v) is 18.5. The van der Waals surface area contributed by atoms with Gasteiger partial charge in [0.2, 0.25) is 0 Å². The van der Waals surface area contributed by atoms with Gasteiger partial charge in [0, 0.05) is 5.56 Å². The van der Waals surface area contributed by atoms with Crippen molar-refractivity contribution >= 4 is 35.1 Å². The van der Waals surface area contributed by atoms with Gasteiger partial charge in [-0.05, 0) is 66.7 Å². The fraction of sp³-hybridized carbons (Fsp3) is 0.125. The molecule has 1 aliphatic rings. The minimum Gasteiger partial charge on any atom is -0.507 e. The average molecular weight is 464 g/mol. The number of hydrogen-bond acceptors (Lipinski definition) is 8. The Bertz CT molecular complexity index is 1230. The van der Waals surface area contributed by atoms with Gasteiger partial charge in [0.15, 0.2) is 16.7 Å². The van der Waals surface area contributed by atoms with Gasteiger partial charge in [-0.2, -0.15) is 5.10 Å². The van der Waals surface area contributed by atoms with Crippen molar-refractivity contribution in [1.29, 1.82) is 0 Å². The number of amidine groups is 1. The fourth-order valence-corrected chi connectivity index (χ4v) is 3.98. The van der Waals surface area contributed by atoms with E-state index in [9.17, 15) is 15.0 Å². The number of phenolic OH excluding ortho intramolecular Hbond substituents is 2. The summed E-state index contributed by atoms with van der Waals surface area (Å²) in [6.45, 7) is 2.44. The number of rotatable bonds is 7. The summed E-state index contributed by atoms with van der Waals surface area (Å²) in [6.07, 6.45) is 4.67. The second-order valence-corrected chi connectivity index (χ2v) is 7.94.